The number of benzene rings is 2. The van der Waals surface area contributed by atoms with Gasteiger partial charge in [-0.3, -0.25) is 9.78 Å². The lowest BCUT2D eigenvalue weighted by atomic mass is 10.0. The summed E-state index contributed by atoms with van der Waals surface area (Å²) in [6, 6.07) is 8.73. The van der Waals surface area contributed by atoms with E-state index in [0.29, 0.717) is 5.56 Å². The van der Waals surface area contributed by atoms with E-state index in [2.05, 4.69) is 4.98 Å². The van der Waals surface area contributed by atoms with Crippen molar-refractivity contribution >= 4 is 43.5 Å². The lowest BCUT2D eigenvalue weighted by Crippen LogP contribution is -2.32. The van der Waals surface area contributed by atoms with Gasteiger partial charge in [-0.2, -0.15) is 3.71 Å². The van der Waals surface area contributed by atoms with E-state index in [9.17, 15) is 26.9 Å². The van der Waals surface area contributed by atoms with Gasteiger partial charge in [0.15, 0.2) is 5.75 Å². The maximum atomic E-state index is 13.2. The molecule has 0 bridgehead atoms. The van der Waals surface area contributed by atoms with Crippen molar-refractivity contribution in [1.82, 2.24) is 9.88 Å². The number of amides is 1. The first-order valence-electron chi connectivity index (χ1n) is 9.09. The molecule has 0 spiro atoms. The van der Waals surface area contributed by atoms with Crippen molar-refractivity contribution < 1.29 is 26.9 Å². The van der Waals surface area contributed by atoms with Gasteiger partial charge in [-0.05, 0) is 29.8 Å². The lowest BCUT2D eigenvalue weighted by Gasteiger charge is -2.23. The van der Waals surface area contributed by atoms with Gasteiger partial charge >= 0.3 is 0 Å². The Balaban J connectivity index is 1.94. The molecule has 2 heterocycles. The van der Waals surface area contributed by atoms with E-state index in [-0.39, 0.29) is 46.6 Å². The van der Waals surface area contributed by atoms with E-state index in [0.717, 1.165) is 9.97 Å². The first kappa shape index (κ1) is 21.2. The van der Waals surface area contributed by atoms with Gasteiger partial charge in [-0.1, -0.05) is 12.1 Å². The molecule has 1 unspecified atom stereocenters. The van der Waals surface area contributed by atoms with Crippen LogP contribution in [0.5, 0.6) is 5.75 Å². The summed E-state index contributed by atoms with van der Waals surface area (Å²) in [4.78, 5) is 18.7. The molecule has 1 aliphatic rings. The SMILES string of the molecule is CS(=O)N(c1c2c(c(O)c3ncccc13)C(=O)N(Cc1ccc(F)cc1)C2)S(C)(=O)=O. The number of nitrogens with zero attached hydrogens (tertiary/aromatic N) is 3. The van der Waals surface area contributed by atoms with Crippen LogP contribution >= 0.6 is 0 Å². The molecule has 1 aromatic heterocycles. The molecular weight excluding hydrogens is 445 g/mol. The van der Waals surface area contributed by atoms with Gasteiger partial charge in [0.1, 0.15) is 22.3 Å². The monoisotopic (exact) mass is 463 g/mol. The number of sulfonamides is 1. The molecule has 0 saturated carbocycles. The number of hydrogen-bond donors (Lipinski definition) is 1. The molecule has 1 atom stereocenters. The van der Waals surface area contributed by atoms with E-state index in [1.165, 1.54) is 41.6 Å². The molecule has 0 radical (unpaired) electrons. The number of halogens is 1. The van der Waals surface area contributed by atoms with Crippen LogP contribution in [0.3, 0.4) is 0 Å². The standard InChI is InChI=1S/C20H18FN3O5S2/c1-30(27)24(31(2,28)29)18-14-4-3-9-22-17(14)19(25)16-15(18)11-23(20(16)26)10-12-5-7-13(21)8-6-12/h3-9,25H,10-11H2,1-2H3. The summed E-state index contributed by atoms with van der Waals surface area (Å²) in [5, 5.41) is 11.1. The largest absolute Gasteiger partial charge is 0.505 e. The second kappa shape index (κ2) is 7.57. The molecular formula is C20H18FN3O5S2. The van der Waals surface area contributed by atoms with Crippen LogP contribution in [0.25, 0.3) is 10.9 Å². The van der Waals surface area contributed by atoms with Crippen molar-refractivity contribution in [3.8, 4) is 5.75 Å². The number of rotatable bonds is 5. The summed E-state index contributed by atoms with van der Waals surface area (Å²) in [5.41, 5.74) is 0.903. The highest BCUT2D eigenvalue weighted by molar-refractivity contribution is 8.06. The summed E-state index contributed by atoms with van der Waals surface area (Å²) in [6.07, 6.45) is 3.54. The molecule has 31 heavy (non-hydrogen) atoms. The van der Waals surface area contributed by atoms with Crippen LogP contribution in [0.15, 0.2) is 42.6 Å². The molecule has 8 nitrogen and oxygen atoms in total. The molecule has 162 valence electrons. The van der Waals surface area contributed by atoms with Gasteiger partial charge in [0, 0.05) is 36.5 Å². The zero-order chi connectivity index (χ0) is 22.5. The topological polar surface area (TPSA) is 108 Å². The maximum Gasteiger partial charge on any atom is 0.258 e. The van der Waals surface area contributed by atoms with E-state index >= 15 is 0 Å². The molecule has 0 aliphatic carbocycles. The number of phenolic OH excluding ortho intramolecular Hbond substituents is 1. The van der Waals surface area contributed by atoms with Gasteiger partial charge in [0.05, 0.1) is 17.5 Å². The highest BCUT2D eigenvalue weighted by atomic mass is 32.3. The minimum Gasteiger partial charge on any atom is -0.505 e. The molecule has 2 aromatic carbocycles. The van der Waals surface area contributed by atoms with Crippen molar-refractivity contribution in [3.05, 3.63) is 65.1 Å². The Morgan fingerprint density at radius 2 is 1.94 bits per heavy atom. The number of aromatic nitrogens is 1. The third-order valence-corrected chi connectivity index (χ3v) is 7.84. The van der Waals surface area contributed by atoms with Gasteiger partial charge in [0.2, 0.25) is 10.0 Å². The lowest BCUT2D eigenvalue weighted by molar-refractivity contribution is 0.0764. The molecule has 0 saturated heterocycles. The fraction of sp³-hybridized carbons (Fsp3) is 0.200. The first-order chi connectivity index (χ1) is 14.6. The Morgan fingerprint density at radius 3 is 2.55 bits per heavy atom. The number of aromatic hydroxyl groups is 1. The summed E-state index contributed by atoms with van der Waals surface area (Å²) in [5.74, 6) is -1.30. The molecule has 4 rings (SSSR count). The van der Waals surface area contributed by atoms with Crippen LogP contribution < -0.4 is 3.71 Å². The fourth-order valence-electron chi connectivity index (χ4n) is 3.76. The predicted octanol–water partition coefficient (Wildman–Crippen LogP) is 2.29. The van der Waals surface area contributed by atoms with Crippen molar-refractivity contribution in [3.63, 3.8) is 0 Å². The van der Waals surface area contributed by atoms with Crippen LogP contribution in [-0.4, -0.2) is 46.0 Å². The Bertz CT molecular complexity index is 1340. The number of pyridine rings is 1. The summed E-state index contributed by atoms with van der Waals surface area (Å²) in [6.45, 7) is 0.0903. The van der Waals surface area contributed by atoms with E-state index in [1.54, 1.807) is 12.1 Å². The molecule has 3 aromatic rings. The second-order valence-electron chi connectivity index (χ2n) is 7.15. The minimum absolute atomic E-state index is 0.0253. The van der Waals surface area contributed by atoms with Crippen LogP contribution in [0.1, 0.15) is 21.5 Å². The molecule has 11 heteroatoms. The summed E-state index contributed by atoms with van der Waals surface area (Å²) < 4.78 is 51.4. The Kier molecular flexibility index (Phi) is 5.18. The van der Waals surface area contributed by atoms with E-state index in [4.69, 9.17) is 0 Å². The van der Waals surface area contributed by atoms with Crippen molar-refractivity contribution in [2.24, 2.45) is 0 Å². The quantitative estimate of drug-likeness (QED) is 0.622. The van der Waals surface area contributed by atoms with Crippen molar-refractivity contribution in [1.29, 1.82) is 0 Å². The predicted molar refractivity (Wildman–Crippen MR) is 115 cm³/mol. The van der Waals surface area contributed by atoms with Gasteiger partial charge in [-0.15, -0.1) is 0 Å². The van der Waals surface area contributed by atoms with E-state index in [1.807, 2.05) is 0 Å². The van der Waals surface area contributed by atoms with Crippen LogP contribution in [0.2, 0.25) is 0 Å². The van der Waals surface area contributed by atoms with Gasteiger partial charge in [0.25, 0.3) is 5.91 Å². The third kappa shape index (κ3) is 3.63. The summed E-state index contributed by atoms with van der Waals surface area (Å²) in [7, 11) is -5.97. The summed E-state index contributed by atoms with van der Waals surface area (Å²) >= 11 is 0. The van der Waals surface area contributed by atoms with Crippen LogP contribution in [0.4, 0.5) is 10.1 Å². The van der Waals surface area contributed by atoms with Gasteiger partial charge < -0.3 is 10.0 Å². The fourth-order valence-corrected chi connectivity index (χ4v) is 6.30. The number of hydrogen-bond acceptors (Lipinski definition) is 6. The molecule has 1 aliphatic heterocycles. The van der Waals surface area contributed by atoms with Crippen LogP contribution in [-0.2, 0) is 34.1 Å². The van der Waals surface area contributed by atoms with Crippen LogP contribution in [0, 0.1) is 5.82 Å². The molecule has 1 amide bonds. The van der Waals surface area contributed by atoms with E-state index < -0.39 is 32.7 Å². The van der Waals surface area contributed by atoms with Crippen molar-refractivity contribution in [2.75, 3.05) is 16.2 Å². The second-order valence-corrected chi connectivity index (χ2v) is 10.4. The normalized spacial score (nSPS) is 14.7. The average Bonchev–Trinajstić information content (AvgIpc) is 3.02. The highest BCUT2D eigenvalue weighted by Gasteiger charge is 2.38. The van der Waals surface area contributed by atoms with Gasteiger partial charge in [-0.25, -0.2) is 17.0 Å². The van der Waals surface area contributed by atoms with Crippen molar-refractivity contribution in [2.45, 2.75) is 13.1 Å². The minimum atomic E-state index is -3.99. The number of carbonyl (C=O) groups excluding carboxylic acids is 1. The molecule has 0 fully saturated rings. The zero-order valence-corrected chi connectivity index (χ0v) is 18.2. The maximum absolute atomic E-state index is 13.2. The number of phenols is 1. The zero-order valence-electron chi connectivity index (χ0n) is 16.6. The number of carbonyl (C=O) groups is 1. The smallest absolute Gasteiger partial charge is 0.258 e. The first-order valence-corrected chi connectivity index (χ1v) is 12.5. The number of fused-ring (bicyclic) bond motifs is 2. The Morgan fingerprint density at radius 1 is 1.26 bits per heavy atom. The third-order valence-electron chi connectivity index (χ3n) is 4.97. The number of anilines is 1. The highest BCUT2D eigenvalue weighted by Crippen LogP contribution is 2.45. The molecule has 1 N–H and O–H groups in total. The Labute approximate surface area is 180 Å². The average molecular weight is 464 g/mol. The Hall–Kier alpha value is -3.05.